The van der Waals surface area contributed by atoms with Crippen LogP contribution in [-0.4, -0.2) is 47.4 Å². The Morgan fingerprint density at radius 2 is 1.88 bits per heavy atom. The molecule has 2 aromatic carbocycles. The zero-order valence-corrected chi connectivity index (χ0v) is 18.7. The number of nitrogens with one attached hydrogen (secondary N) is 1. The van der Waals surface area contributed by atoms with Crippen LogP contribution in [0.5, 0.6) is 0 Å². The number of aromatic nitrogens is 1. The Hall–Kier alpha value is -3.45. The zero-order valence-electron chi connectivity index (χ0n) is 17.9. The van der Waals surface area contributed by atoms with E-state index in [9.17, 15) is 14.4 Å². The molecule has 0 fully saturated rings. The van der Waals surface area contributed by atoms with Crippen molar-refractivity contribution in [2.75, 3.05) is 25.0 Å². The van der Waals surface area contributed by atoms with Gasteiger partial charge >= 0.3 is 5.97 Å². The van der Waals surface area contributed by atoms with E-state index in [1.54, 1.807) is 36.4 Å². The number of para-hydroxylation sites is 1. The molecule has 3 rings (SSSR count). The van der Waals surface area contributed by atoms with E-state index in [2.05, 4.69) is 10.3 Å². The minimum Gasteiger partial charge on any atom is -0.452 e. The van der Waals surface area contributed by atoms with Crippen LogP contribution >= 0.6 is 11.6 Å². The summed E-state index contributed by atoms with van der Waals surface area (Å²) in [5.74, 6) is -1.38. The first-order valence-electron chi connectivity index (χ1n) is 10.2. The Balaban J connectivity index is 1.59. The lowest BCUT2D eigenvalue weighted by Crippen LogP contribution is -2.40. The molecule has 0 atom stereocenters. The molecule has 166 valence electrons. The van der Waals surface area contributed by atoms with Gasteiger partial charge in [-0.2, -0.15) is 0 Å². The average molecular weight is 454 g/mol. The Kier molecular flexibility index (Phi) is 7.78. The van der Waals surface area contributed by atoms with Crippen LogP contribution in [0.1, 0.15) is 29.3 Å². The monoisotopic (exact) mass is 453 g/mol. The first-order valence-corrected chi connectivity index (χ1v) is 10.6. The van der Waals surface area contributed by atoms with E-state index < -0.39 is 18.5 Å². The molecular weight excluding hydrogens is 430 g/mol. The maximum absolute atomic E-state index is 12.6. The summed E-state index contributed by atoms with van der Waals surface area (Å²) in [5.41, 5.74) is 2.57. The third-order valence-corrected chi connectivity index (χ3v) is 5.03. The number of rotatable bonds is 8. The van der Waals surface area contributed by atoms with Crippen molar-refractivity contribution < 1.29 is 19.1 Å². The van der Waals surface area contributed by atoms with E-state index in [0.717, 1.165) is 10.9 Å². The summed E-state index contributed by atoms with van der Waals surface area (Å²) >= 11 is 5.88. The molecule has 0 radical (unpaired) electrons. The second kappa shape index (κ2) is 10.7. The van der Waals surface area contributed by atoms with Crippen molar-refractivity contribution in [3.05, 3.63) is 70.9 Å². The maximum atomic E-state index is 12.6. The van der Waals surface area contributed by atoms with E-state index in [1.165, 1.54) is 4.90 Å². The number of ether oxygens (including phenoxy) is 1. The summed E-state index contributed by atoms with van der Waals surface area (Å²) in [4.78, 5) is 43.0. The topological polar surface area (TPSA) is 88.6 Å². The molecule has 3 aromatic rings. The molecule has 1 aromatic heterocycles. The normalized spacial score (nSPS) is 10.6. The van der Waals surface area contributed by atoms with Gasteiger partial charge in [0.25, 0.3) is 5.91 Å². The van der Waals surface area contributed by atoms with Gasteiger partial charge in [-0.1, -0.05) is 36.7 Å². The fraction of sp³-hybridized carbons (Fsp3) is 0.250. The first kappa shape index (κ1) is 23.2. The number of nitrogens with zero attached hydrogens (tertiary/aromatic N) is 2. The number of hydrogen-bond acceptors (Lipinski definition) is 5. The summed E-state index contributed by atoms with van der Waals surface area (Å²) < 4.78 is 5.20. The number of amides is 2. The van der Waals surface area contributed by atoms with Gasteiger partial charge in [0.1, 0.15) is 5.15 Å². The van der Waals surface area contributed by atoms with Gasteiger partial charge in [-0.25, -0.2) is 9.78 Å². The van der Waals surface area contributed by atoms with Gasteiger partial charge in [0.2, 0.25) is 5.91 Å². The Labute approximate surface area is 191 Å². The zero-order chi connectivity index (χ0) is 23.1. The van der Waals surface area contributed by atoms with Crippen LogP contribution in [0.2, 0.25) is 5.15 Å². The van der Waals surface area contributed by atoms with Crippen molar-refractivity contribution in [1.29, 1.82) is 0 Å². The third kappa shape index (κ3) is 6.04. The van der Waals surface area contributed by atoms with Gasteiger partial charge < -0.3 is 15.0 Å². The molecule has 0 aliphatic heterocycles. The number of fused-ring (bicyclic) bond motifs is 1. The molecule has 0 bridgehead atoms. The highest BCUT2D eigenvalue weighted by Crippen LogP contribution is 2.18. The van der Waals surface area contributed by atoms with Crippen LogP contribution in [0.3, 0.4) is 0 Å². The number of esters is 1. The summed E-state index contributed by atoms with van der Waals surface area (Å²) in [6, 6.07) is 15.6. The van der Waals surface area contributed by atoms with Gasteiger partial charge in [-0.15, -0.1) is 0 Å². The van der Waals surface area contributed by atoms with Gasteiger partial charge in [-0.05, 0) is 55.3 Å². The summed E-state index contributed by atoms with van der Waals surface area (Å²) in [5, 5.41) is 3.90. The van der Waals surface area contributed by atoms with Gasteiger partial charge in [0, 0.05) is 17.6 Å². The smallest absolute Gasteiger partial charge is 0.338 e. The lowest BCUT2D eigenvalue weighted by Gasteiger charge is -2.21. The molecule has 2 amide bonds. The van der Waals surface area contributed by atoms with Gasteiger partial charge in [0.15, 0.2) is 6.61 Å². The van der Waals surface area contributed by atoms with Gasteiger partial charge in [0.05, 0.1) is 17.6 Å². The fourth-order valence-corrected chi connectivity index (χ4v) is 3.32. The Morgan fingerprint density at radius 1 is 1.09 bits per heavy atom. The molecule has 0 aliphatic rings. The number of carbonyl (C=O) groups excluding carboxylic acids is 3. The largest absolute Gasteiger partial charge is 0.452 e. The van der Waals surface area contributed by atoms with Crippen molar-refractivity contribution in [3.63, 3.8) is 0 Å². The van der Waals surface area contributed by atoms with Crippen LogP contribution in [0.15, 0.2) is 54.6 Å². The molecular formula is C24H24ClN3O4. The second-order valence-corrected chi connectivity index (χ2v) is 7.68. The van der Waals surface area contributed by atoms with E-state index in [0.29, 0.717) is 34.9 Å². The molecule has 1 N–H and O–H groups in total. The quantitative estimate of drug-likeness (QED) is 0.407. The maximum Gasteiger partial charge on any atom is 0.338 e. The first-order chi connectivity index (χ1) is 15.4. The molecule has 8 heteroatoms. The lowest BCUT2D eigenvalue weighted by atomic mass is 10.1. The van der Waals surface area contributed by atoms with Crippen molar-refractivity contribution in [2.24, 2.45) is 0 Å². The number of hydrogen-bond donors (Lipinski definition) is 1. The summed E-state index contributed by atoms with van der Waals surface area (Å²) in [6.45, 7) is 3.59. The van der Waals surface area contributed by atoms with Crippen LogP contribution in [0, 0.1) is 6.92 Å². The molecule has 7 nitrogen and oxygen atoms in total. The van der Waals surface area contributed by atoms with E-state index in [1.807, 2.05) is 32.0 Å². The summed E-state index contributed by atoms with van der Waals surface area (Å²) in [6.07, 6.45) is 0.664. The SMILES string of the molecule is CCCN(CC(=O)Nc1ccccc1C)C(=O)COC(=O)c1ccc2nc(Cl)ccc2c1. The van der Waals surface area contributed by atoms with Crippen LogP contribution in [-0.2, 0) is 14.3 Å². The molecule has 0 saturated carbocycles. The Bertz CT molecular complexity index is 1150. The minimum atomic E-state index is -0.629. The predicted octanol–water partition coefficient (Wildman–Crippen LogP) is 4.23. The average Bonchev–Trinajstić information content (AvgIpc) is 2.78. The third-order valence-electron chi connectivity index (χ3n) is 4.82. The molecule has 0 unspecified atom stereocenters. The van der Waals surface area contributed by atoms with Crippen molar-refractivity contribution in [3.8, 4) is 0 Å². The van der Waals surface area contributed by atoms with Crippen LogP contribution in [0.25, 0.3) is 10.9 Å². The highest BCUT2D eigenvalue weighted by atomic mass is 35.5. The van der Waals surface area contributed by atoms with Crippen LogP contribution < -0.4 is 5.32 Å². The second-order valence-electron chi connectivity index (χ2n) is 7.30. The van der Waals surface area contributed by atoms with Gasteiger partial charge in [-0.3, -0.25) is 9.59 Å². The lowest BCUT2D eigenvalue weighted by molar-refractivity contribution is -0.137. The number of carbonyl (C=O) groups is 3. The number of benzene rings is 2. The molecule has 1 heterocycles. The highest BCUT2D eigenvalue weighted by Gasteiger charge is 2.19. The molecule has 0 saturated heterocycles. The van der Waals surface area contributed by atoms with Crippen molar-refractivity contribution in [2.45, 2.75) is 20.3 Å². The fourth-order valence-electron chi connectivity index (χ4n) is 3.17. The number of halogens is 1. The molecule has 32 heavy (non-hydrogen) atoms. The summed E-state index contributed by atoms with van der Waals surface area (Å²) in [7, 11) is 0. The van der Waals surface area contributed by atoms with E-state index >= 15 is 0 Å². The van der Waals surface area contributed by atoms with Crippen LogP contribution in [0.4, 0.5) is 5.69 Å². The predicted molar refractivity (Wildman–Crippen MR) is 124 cm³/mol. The van der Waals surface area contributed by atoms with E-state index in [-0.39, 0.29) is 12.5 Å². The standard InChI is InChI=1S/C24H24ClN3O4/c1-3-12-28(14-22(29)27-19-7-5-4-6-16(19)2)23(30)15-32-24(31)18-8-10-20-17(13-18)9-11-21(25)26-20/h4-11,13H,3,12,14-15H2,1-2H3,(H,27,29). The number of aryl methyl sites for hydroxylation is 1. The number of anilines is 1. The van der Waals surface area contributed by atoms with Crippen molar-refractivity contribution in [1.82, 2.24) is 9.88 Å². The molecule has 0 aliphatic carbocycles. The number of pyridine rings is 1. The van der Waals surface area contributed by atoms with E-state index in [4.69, 9.17) is 16.3 Å². The minimum absolute atomic E-state index is 0.124. The Morgan fingerprint density at radius 3 is 2.62 bits per heavy atom. The molecule has 0 spiro atoms. The van der Waals surface area contributed by atoms with Crippen molar-refractivity contribution >= 4 is 46.0 Å². The highest BCUT2D eigenvalue weighted by molar-refractivity contribution is 6.29.